The van der Waals surface area contributed by atoms with Crippen molar-refractivity contribution in [1.29, 1.82) is 0 Å². The molecular weight excluding hydrogens is 415 g/mol. The summed E-state index contributed by atoms with van der Waals surface area (Å²) in [6.45, 7) is 9.26. The lowest BCUT2D eigenvalue weighted by atomic mass is 10.3. The maximum atomic E-state index is 5.34. The van der Waals surface area contributed by atoms with E-state index >= 15 is 0 Å². The minimum Gasteiger partial charge on any atom is -0.382 e. The van der Waals surface area contributed by atoms with E-state index in [0.29, 0.717) is 0 Å². The smallest absolute Gasteiger partial charge is 0.191 e. The van der Waals surface area contributed by atoms with E-state index in [1.807, 2.05) is 13.0 Å². The van der Waals surface area contributed by atoms with E-state index in [-0.39, 0.29) is 24.0 Å². The summed E-state index contributed by atoms with van der Waals surface area (Å²) in [7, 11) is 2.12. The third-order valence-electron chi connectivity index (χ3n) is 3.42. The molecule has 1 rings (SSSR count). The molecule has 0 aliphatic carbocycles. The van der Waals surface area contributed by atoms with Crippen molar-refractivity contribution in [2.75, 3.05) is 51.3 Å². The average Bonchev–Trinajstić information content (AvgIpc) is 2.59. The SMILES string of the molecule is CCNC(=NCCCN(C)c1ccccc1)NCCCOCC.I. The standard InChI is InChI=1S/C18H32N4O.HI/c1-4-19-18(21-14-10-16-23-5-2)20-13-9-15-22(3)17-11-7-6-8-12-17;/h6-8,11-12H,4-5,9-10,13-16H2,1-3H3,(H2,19,20,21);1H. The Morgan fingerprint density at radius 2 is 1.88 bits per heavy atom. The number of benzene rings is 1. The molecule has 0 aliphatic heterocycles. The van der Waals surface area contributed by atoms with E-state index in [0.717, 1.165) is 58.2 Å². The summed E-state index contributed by atoms with van der Waals surface area (Å²) in [6.07, 6.45) is 2.02. The monoisotopic (exact) mass is 448 g/mol. The predicted octanol–water partition coefficient (Wildman–Crippen LogP) is 3.11. The second-order valence-electron chi connectivity index (χ2n) is 5.35. The van der Waals surface area contributed by atoms with Crippen molar-refractivity contribution in [3.8, 4) is 0 Å². The fourth-order valence-electron chi connectivity index (χ4n) is 2.18. The quantitative estimate of drug-likeness (QED) is 0.237. The molecule has 0 atom stereocenters. The summed E-state index contributed by atoms with van der Waals surface area (Å²) >= 11 is 0. The highest BCUT2D eigenvalue weighted by Gasteiger charge is 2.00. The number of hydrogen-bond donors (Lipinski definition) is 2. The van der Waals surface area contributed by atoms with Gasteiger partial charge in [-0.1, -0.05) is 18.2 Å². The zero-order chi connectivity index (χ0) is 16.8. The Morgan fingerprint density at radius 3 is 2.54 bits per heavy atom. The molecule has 0 saturated heterocycles. The lowest BCUT2D eigenvalue weighted by molar-refractivity contribution is 0.145. The minimum absolute atomic E-state index is 0. The average molecular weight is 448 g/mol. The molecule has 2 N–H and O–H groups in total. The molecular formula is C18H33IN4O. The molecule has 1 aromatic rings. The highest BCUT2D eigenvalue weighted by molar-refractivity contribution is 14.0. The number of anilines is 1. The van der Waals surface area contributed by atoms with Gasteiger partial charge in [-0.25, -0.2) is 0 Å². The van der Waals surface area contributed by atoms with Crippen LogP contribution in [0.15, 0.2) is 35.3 Å². The van der Waals surface area contributed by atoms with E-state index in [1.54, 1.807) is 0 Å². The predicted molar refractivity (Wildman–Crippen MR) is 115 cm³/mol. The van der Waals surface area contributed by atoms with Gasteiger partial charge < -0.3 is 20.3 Å². The summed E-state index contributed by atoms with van der Waals surface area (Å²) in [5, 5.41) is 6.62. The van der Waals surface area contributed by atoms with Crippen LogP contribution in [0.1, 0.15) is 26.7 Å². The second kappa shape index (κ2) is 15.5. The van der Waals surface area contributed by atoms with Crippen LogP contribution in [0.3, 0.4) is 0 Å². The molecule has 6 heteroatoms. The summed E-state index contributed by atoms with van der Waals surface area (Å²) in [5.41, 5.74) is 1.25. The Hall–Kier alpha value is -1.02. The van der Waals surface area contributed by atoms with Crippen molar-refractivity contribution in [3.63, 3.8) is 0 Å². The number of nitrogens with one attached hydrogen (secondary N) is 2. The number of aliphatic imine (C=N–C) groups is 1. The van der Waals surface area contributed by atoms with E-state index in [4.69, 9.17) is 4.74 Å². The summed E-state index contributed by atoms with van der Waals surface area (Å²) in [6, 6.07) is 10.4. The van der Waals surface area contributed by atoms with Crippen LogP contribution in [0.2, 0.25) is 0 Å². The van der Waals surface area contributed by atoms with Gasteiger partial charge in [-0.15, -0.1) is 24.0 Å². The van der Waals surface area contributed by atoms with Gasteiger partial charge in [0.25, 0.3) is 0 Å². The Bertz CT molecular complexity index is 428. The molecule has 1 aromatic carbocycles. The summed E-state index contributed by atoms with van der Waals surface area (Å²) < 4.78 is 5.34. The Balaban J connectivity index is 0.00000529. The zero-order valence-corrected chi connectivity index (χ0v) is 17.6. The zero-order valence-electron chi connectivity index (χ0n) is 15.3. The molecule has 0 amide bonds. The van der Waals surface area contributed by atoms with Crippen molar-refractivity contribution in [1.82, 2.24) is 10.6 Å². The number of guanidine groups is 1. The van der Waals surface area contributed by atoms with Crippen LogP contribution in [-0.2, 0) is 4.74 Å². The van der Waals surface area contributed by atoms with Gasteiger partial charge in [-0.2, -0.15) is 0 Å². The molecule has 0 radical (unpaired) electrons. The van der Waals surface area contributed by atoms with Crippen molar-refractivity contribution in [3.05, 3.63) is 30.3 Å². The Morgan fingerprint density at radius 1 is 1.12 bits per heavy atom. The van der Waals surface area contributed by atoms with Crippen molar-refractivity contribution < 1.29 is 4.74 Å². The number of para-hydroxylation sites is 1. The van der Waals surface area contributed by atoms with Crippen molar-refractivity contribution in [2.24, 2.45) is 4.99 Å². The summed E-state index contributed by atoms with van der Waals surface area (Å²) in [4.78, 5) is 6.89. The maximum absolute atomic E-state index is 5.34. The fraction of sp³-hybridized carbons (Fsp3) is 0.611. The Kier molecular flexibility index (Phi) is 14.8. The Labute approximate surface area is 164 Å². The topological polar surface area (TPSA) is 48.9 Å². The first-order valence-corrected chi connectivity index (χ1v) is 8.64. The van der Waals surface area contributed by atoms with Gasteiger partial charge in [0, 0.05) is 52.1 Å². The van der Waals surface area contributed by atoms with Gasteiger partial charge in [0.2, 0.25) is 0 Å². The van der Waals surface area contributed by atoms with Crippen LogP contribution >= 0.6 is 24.0 Å². The lowest BCUT2D eigenvalue weighted by Gasteiger charge is -2.18. The van der Waals surface area contributed by atoms with Crippen LogP contribution in [0.4, 0.5) is 5.69 Å². The number of nitrogens with zero attached hydrogens (tertiary/aromatic N) is 2. The molecule has 5 nitrogen and oxygen atoms in total. The number of rotatable bonds is 11. The first-order valence-electron chi connectivity index (χ1n) is 8.64. The van der Waals surface area contributed by atoms with Gasteiger partial charge in [0.1, 0.15) is 0 Å². The van der Waals surface area contributed by atoms with E-state index in [1.165, 1.54) is 5.69 Å². The maximum Gasteiger partial charge on any atom is 0.191 e. The molecule has 0 heterocycles. The van der Waals surface area contributed by atoms with Crippen molar-refractivity contribution in [2.45, 2.75) is 26.7 Å². The highest BCUT2D eigenvalue weighted by atomic mass is 127. The summed E-state index contributed by atoms with van der Waals surface area (Å²) in [5.74, 6) is 0.895. The van der Waals surface area contributed by atoms with Crippen LogP contribution < -0.4 is 15.5 Å². The third kappa shape index (κ3) is 10.7. The van der Waals surface area contributed by atoms with Crippen LogP contribution in [0.5, 0.6) is 0 Å². The molecule has 0 spiro atoms. The van der Waals surface area contributed by atoms with Gasteiger partial charge in [-0.3, -0.25) is 4.99 Å². The van der Waals surface area contributed by atoms with Gasteiger partial charge in [0.05, 0.1) is 0 Å². The van der Waals surface area contributed by atoms with Crippen LogP contribution in [-0.4, -0.2) is 52.4 Å². The largest absolute Gasteiger partial charge is 0.382 e. The minimum atomic E-state index is 0. The molecule has 138 valence electrons. The molecule has 0 unspecified atom stereocenters. The van der Waals surface area contributed by atoms with Gasteiger partial charge >= 0.3 is 0 Å². The molecule has 0 fully saturated rings. The lowest BCUT2D eigenvalue weighted by Crippen LogP contribution is -2.38. The molecule has 0 aliphatic rings. The second-order valence-corrected chi connectivity index (χ2v) is 5.35. The van der Waals surface area contributed by atoms with E-state index in [9.17, 15) is 0 Å². The van der Waals surface area contributed by atoms with Crippen molar-refractivity contribution >= 4 is 35.6 Å². The number of halogens is 1. The van der Waals surface area contributed by atoms with Crippen LogP contribution in [0.25, 0.3) is 0 Å². The third-order valence-corrected chi connectivity index (χ3v) is 3.42. The molecule has 0 bridgehead atoms. The number of hydrogen-bond acceptors (Lipinski definition) is 3. The first-order chi connectivity index (χ1) is 11.3. The first kappa shape index (κ1) is 23.0. The highest BCUT2D eigenvalue weighted by Crippen LogP contribution is 2.10. The molecule has 0 aromatic heterocycles. The van der Waals surface area contributed by atoms with Gasteiger partial charge in [0.15, 0.2) is 5.96 Å². The van der Waals surface area contributed by atoms with Crippen LogP contribution in [0, 0.1) is 0 Å². The van der Waals surface area contributed by atoms with Gasteiger partial charge in [-0.05, 0) is 38.8 Å². The van der Waals surface area contributed by atoms with E-state index in [2.05, 4.69) is 58.8 Å². The molecule has 0 saturated carbocycles. The number of ether oxygens (including phenoxy) is 1. The normalized spacial score (nSPS) is 10.9. The van der Waals surface area contributed by atoms with E-state index < -0.39 is 0 Å². The molecule has 24 heavy (non-hydrogen) atoms. The fourth-order valence-corrected chi connectivity index (χ4v) is 2.18.